The van der Waals surface area contributed by atoms with Crippen LogP contribution in [0.1, 0.15) is 42.3 Å². The lowest BCUT2D eigenvalue weighted by Gasteiger charge is -2.19. The minimum absolute atomic E-state index is 0.0301. The first kappa shape index (κ1) is 17.7. The zero-order valence-electron chi connectivity index (χ0n) is 14.4. The molecule has 1 amide bonds. The molecule has 0 aliphatic carbocycles. The van der Waals surface area contributed by atoms with Crippen molar-refractivity contribution in [1.29, 1.82) is 0 Å². The van der Waals surface area contributed by atoms with E-state index in [0.717, 1.165) is 11.1 Å². The van der Waals surface area contributed by atoms with Crippen molar-refractivity contribution in [3.8, 4) is 0 Å². The van der Waals surface area contributed by atoms with Crippen LogP contribution in [0.4, 0.5) is 10.6 Å². The molecule has 1 aromatic heterocycles. The number of benzene rings is 1. The van der Waals surface area contributed by atoms with Gasteiger partial charge in [-0.05, 0) is 51.0 Å². The van der Waals surface area contributed by atoms with Crippen LogP contribution in [0.5, 0.6) is 0 Å². The number of ether oxygens (including phenoxy) is 1. The molecule has 0 saturated carbocycles. The number of ketones is 1. The molecule has 0 aliphatic heterocycles. The summed E-state index contributed by atoms with van der Waals surface area (Å²) in [6, 6.07) is 10.9. The molecule has 2 aromatic rings. The van der Waals surface area contributed by atoms with E-state index in [1.165, 1.54) is 0 Å². The first-order valence-electron chi connectivity index (χ1n) is 7.78. The third-order valence-corrected chi connectivity index (χ3v) is 3.26. The second kappa shape index (κ2) is 7.25. The molecule has 0 fully saturated rings. The van der Waals surface area contributed by atoms with Crippen LogP contribution in [-0.2, 0) is 11.2 Å². The Hall–Kier alpha value is -2.69. The Balaban J connectivity index is 2.07. The fourth-order valence-electron chi connectivity index (χ4n) is 2.23. The zero-order valence-corrected chi connectivity index (χ0v) is 14.4. The second-order valence-corrected chi connectivity index (χ2v) is 6.59. The van der Waals surface area contributed by atoms with Gasteiger partial charge < -0.3 is 4.74 Å². The summed E-state index contributed by atoms with van der Waals surface area (Å²) in [6.45, 7) is 7.28. The third-order valence-electron chi connectivity index (χ3n) is 3.26. The van der Waals surface area contributed by atoms with E-state index in [2.05, 4.69) is 10.3 Å². The maximum atomic E-state index is 12.4. The van der Waals surface area contributed by atoms with Gasteiger partial charge in [0.25, 0.3) is 0 Å². The highest BCUT2D eigenvalue weighted by Crippen LogP contribution is 2.15. The number of amides is 1. The average Bonchev–Trinajstić information content (AvgIpc) is 2.45. The summed E-state index contributed by atoms with van der Waals surface area (Å²) in [5.41, 5.74) is 1.85. The number of hydrogen-bond donors (Lipinski definition) is 1. The lowest BCUT2D eigenvalue weighted by atomic mass is 10.00. The fraction of sp³-hybridized carbons (Fsp3) is 0.316. The van der Waals surface area contributed by atoms with Gasteiger partial charge in [-0.1, -0.05) is 24.3 Å². The summed E-state index contributed by atoms with van der Waals surface area (Å²) < 4.78 is 5.19. The predicted molar refractivity (Wildman–Crippen MR) is 93.3 cm³/mol. The lowest BCUT2D eigenvalue weighted by Crippen LogP contribution is -2.27. The largest absolute Gasteiger partial charge is 0.444 e. The first-order valence-corrected chi connectivity index (χ1v) is 7.78. The number of aryl methyl sites for hydroxylation is 1. The van der Waals surface area contributed by atoms with Gasteiger partial charge in [-0.25, -0.2) is 9.78 Å². The molecular formula is C19H22N2O3. The summed E-state index contributed by atoms with van der Waals surface area (Å²) in [5.74, 6) is 0.391. The van der Waals surface area contributed by atoms with Crippen LogP contribution in [0.25, 0.3) is 0 Å². The molecule has 5 heteroatoms. The monoisotopic (exact) mass is 326 g/mol. The van der Waals surface area contributed by atoms with Crippen LogP contribution >= 0.6 is 0 Å². The van der Waals surface area contributed by atoms with Crippen LogP contribution in [0, 0.1) is 6.92 Å². The van der Waals surface area contributed by atoms with Crippen molar-refractivity contribution < 1.29 is 14.3 Å². The Bertz CT molecular complexity index is 748. The fourth-order valence-corrected chi connectivity index (χ4v) is 2.23. The topological polar surface area (TPSA) is 68.3 Å². The SMILES string of the molecule is Cc1ccccc1C(=O)Cc1ccnc(NC(=O)OC(C)(C)C)c1. The number of aromatic nitrogens is 1. The lowest BCUT2D eigenvalue weighted by molar-refractivity contribution is 0.0635. The number of hydrogen-bond acceptors (Lipinski definition) is 4. The summed E-state index contributed by atoms with van der Waals surface area (Å²) in [4.78, 5) is 28.3. The molecule has 0 aliphatic rings. The molecule has 0 radical (unpaired) electrons. The van der Waals surface area contributed by atoms with E-state index in [0.29, 0.717) is 11.4 Å². The summed E-state index contributed by atoms with van der Waals surface area (Å²) in [7, 11) is 0. The number of carbonyl (C=O) groups is 2. The smallest absolute Gasteiger partial charge is 0.413 e. The van der Waals surface area contributed by atoms with E-state index in [1.807, 2.05) is 31.2 Å². The van der Waals surface area contributed by atoms with Crippen molar-refractivity contribution in [1.82, 2.24) is 4.98 Å². The zero-order chi connectivity index (χ0) is 17.7. The van der Waals surface area contributed by atoms with Gasteiger partial charge in [0, 0.05) is 18.2 Å². The normalized spacial score (nSPS) is 11.0. The molecule has 1 N–H and O–H groups in total. The van der Waals surface area contributed by atoms with Crippen LogP contribution in [-0.4, -0.2) is 22.5 Å². The maximum absolute atomic E-state index is 12.4. The van der Waals surface area contributed by atoms with E-state index < -0.39 is 11.7 Å². The van der Waals surface area contributed by atoms with Crippen molar-refractivity contribution in [2.75, 3.05) is 5.32 Å². The molecule has 126 valence electrons. The Morgan fingerprint density at radius 3 is 2.54 bits per heavy atom. The first-order chi connectivity index (χ1) is 11.2. The average molecular weight is 326 g/mol. The summed E-state index contributed by atoms with van der Waals surface area (Å²) in [6.07, 6.45) is 1.24. The van der Waals surface area contributed by atoms with Crippen molar-refractivity contribution in [3.63, 3.8) is 0 Å². The van der Waals surface area contributed by atoms with E-state index in [4.69, 9.17) is 4.74 Å². The number of carbonyl (C=O) groups excluding carboxylic acids is 2. The molecule has 0 unspecified atom stereocenters. The van der Waals surface area contributed by atoms with Gasteiger partial charge in [-0.15, -0.1) is 0 Å². The van der Waals surface area contributed by atoms with Crippen molar-refractivity contribution in [2.45, 2.75) is 39.7 Å². The van der Waals surface area contributed by atoms with Crippen LogP contribution in [0.15, 0.2) is 42.6 Å². The Morgan fingerprint density at radius 1 is 1.17 bits per heavy atom. The minimum atomic E-state index is -0.581. The molecule has 0 saturated heterocycles. The molecule has 0 spiro atoms. The second-order valence-electron chi connectivity index (χ2n) is 6.59. The summed E-state index contributed by atoms with van der Waals surface area (Å²) in [5, 5.41) is 2.58. The van der Waals surface area contributed by atoms with E-state index >= 15 is 0 Å². The molecule has 1 heterocycles. The van der Waals surface area contributed by atoms with Gasteiger partial charge in [0.1, 0.15) is 11.4 Å². The van der Waals surface area contributed by atoms with Crippen LogP contribution in [0.2, 0.25) is 0 Å². The van der Waals surface area contributed by atoms with E-state index in [9.17, 15) is 9.59 Å². The quantitative estimate of drug-likeness (QED) is 0.857. The van der Waals surface area contributed by atoms with Crippen molar-refractivity contribution >= 4 is 17.7 Å². The number of nitrogens with zero attached hydrogens (tertiary/aromatic N) is 1. The molecule has 24 heavy (non-hydrogen) atoms. The van der Waals surface area contributed by atoms with E-state index in [-0.39, 0.29) is 12.2 Å². The minimum Gasteiger partial charge on any atom is -0.444 e. The standard InChI is InChI=1S/C19H22N2O3/c1-13-7-5-6-8-15(13)16(22)11-14-9-10-20-17(12-14)21-18(23)24-19(2,3)4/h5-10,12H,11H2,1-4H3,(H,20,21,23). The molecular weight excluding hydrogens is 304 g/mol. The van der Waals surface area contributed by atoms with Crippen LogP contribution < -0.4 is 5.32 Å². The highest BCUT2D eigenvalue weighted by Gasteiger charge is 2.17. The Labute approximate surface area is 142 Å². The van der Waals surface area contributed by atoms with Gasteiger partial charge in [0.05, 0.1) is 0 Å². The summed E-state index contributed by atoms with van der Waals surface area (Å²) >= 11 is 0. The van der Waals surface area contributed by atoms with Crippen LogP contribution in [0.3, 0.4) is 0 Å². The number of rotatable bonds is 4. The third kappa shape index (κ3) is 5.19. The molecule has 1 aromatic carbocycles. The number of pyridine rings is 1. The Morgan fingerprint density at radius 2 is 1.88 bits per heavy atom. The van der Waals surface area contributed by atoms with Gasteiger partial charge in [0.2, 0.25) is 0 Å². The van der Waals surface area contributed by atoms with Crippen molar-refractivity contribution in [2.24, 2.45) is 0 Å². The van der Waals surface area contributed by atoms with Gasteiger partial charge >= 0.3 is 6.09 Å². The van der Waals surface area contributed by atoms with Gasteiger partial charge in [-0.2, -0.15) is 0 Å². The van der Waals surface area contributed by atoms with Gasteiger partial charge in [-0.3, -0.25) is 10.1 Å². The van der Waals surface area contributed by atoms with Crippen molar-refractivity contribution in [3.05, 3.63) is 59.3 Å². The highest BCUT2D eigenvalue weighted by atomic mass is 16.6. The molecule has 5 nitrogen and oxygen atoms in total. The maximum Gasteiger partial charge on any atom is 0.413 e. The molecule has 0 bridgehead atoms. The number of nitrogens with one attached hydrogen (secondary N) is 1. The predicted octanol–water partition coefficient (Wildman–Crippen LogP) is 4.16. The molecule has 2 rings (SSSR count). The Kier molecular flexibility index (Phi) is 5.34. The van der Waals surface area contributed by atoms with E-state index in [1.54, 1.807) is 39.1 Å². The van der Waals surface area contributed by atoms with Gasteiger partial charge in [0.15, 0.2) is 5.78 Å². The molecule has 0 atom stereocenters. The number of anilines is 1. The highest BCUT2D eigenvalue weighted by molar-refractivity contribution is 5.98. The number of Topliss-reactive ketones (excluding diaryl/α,β-unsaturated/α-hetero) is 1.